The number of fused-ring (bicyclic) bond motifs is 1. The van der Waals surface area contributed by atoms with Crippen LogP contribution in [0.1, 0.15) is 65.4 Å². The van der Waals surface area contributed by atoms with Gasteiger partial charge in [0.1, 0.15) is 5.75 Å². The third-order valence-electron chi connectivity index (χ3n) is 11.5. The van der Waals surface area contributed by atoms with E-state index in [1.54, 1.807) is 12.1 Å². The third kappa shape index (κ3) is 8.43. The molecule has 1 aliphatic carbocycles. The van der Waals surface area contributed by atoms with Crippen LogP contribution in [0.15, 0.2) is 126 Å². The second-order valence-corrected chi connectivity index (χ2v) is 20.4. The van der Waals surface area contributed by atoms with E-state index in [0.717, 1.165) is 39.3 Å². The normalized spacial score (nSPS) is 19.5. The van der Waals surface area contributed by atoms with E-state index in [-0.39, 0.29) is 35.2 Å². The summed E-state index contributed by atoms with van der Waals surface area (Å²) in [6, 6.07) is 32.7. The highest BCUT2D eigenvalue weighted by Crippen LogP contribution is 2.48. The van der Waals surface area contributed by atoms with E-state index in [1.807, 2.05) is 48.5 Å². The van der Waals surface area contributed by atoms with E-state index in [4.69, 9.17) is 4.43 Å². The maximum absolute atomic E-state index is 14.3. The highest BCUT2D eigenvalue weighted by molar-refractivity contribution is 6.99. The highest BCUT2D eigenvalue weighted by Gasteiger charge is 2.56. The van der Waals surface area contributed by atoms with E-state index in [9.17, 15) is 35.0 Å². The molecule has 0 radical (unpaired) electrons. The minimum atomic E-state index is -3.10. The average molecular weight is 789 g/mol. The number of aromatic hydroxyl groups is 1. The van der Waals surface area contributed by atoms with Crippen LogP contribution in [0.3, 0.4) is 0 Å². The van der Waals surface area contributed by atoms with Gasteiger partial charge in [-0.05, 0) is 76.0 Å². The van der Waals surface area contributed by atoms with Crippen molar-refractivity contribution < 1.29 is 34.3 Å². The second-order valence-electron chi connectivity index (χ2n) is 16.1. The molecule has 4 aromatic rings. The van der Waals surface area contributed by atoms with E-state index < -0.39 is 55.5 Å². The number of benzene rings is 4. The van der Waals surface area contributed by atoms with Gasteiger partial charge in [0.25, 0.3) is 14.0 Å². The van der Waals surface area contributed by atoms with Crippen molar-refractivity contribution in [2.24, 2.45) is 17.8 Å². The molecule has 1 aliphatic heterocycles. The summed E-state index contributed by atoms with van der Waals surface area (Å²) >= 11 is 0. The van der Waals surface area contributed by atoms with Crippen LogP contribution in [0.4, 0.5) is 11.4 Å². The zero-order valence-corrected chi connectivity index (χ0v) is 34.0. The Morgan fingerprint density at radius 2 is 1.56 bits per heavy atom. The number of nitrogens with zero attached hydrogens (tertiary/aromatic N) is 2. The van der Waals surface area contributed by atoms with Crippen LogP contribution in [0, 0.1) is 27.9 Å². The minimum Gasteiger partial charge on any atom is -0.508 e. The van der Waals surface area contributed by atoms with Gasteiger partial charge in [-0.1, -0.05) is 125 Å². The Morgan fingerprint density at radius 3 is 2.12 bits per heavy atom. The first-order chi connectivity index (χ1) is 27.3. The predicted octanol–water partition coefficient (Wildman–Crippen LogP) is 7.32. The summed E-state index contributed by atoms with van der Waals surface area (Å²) in [7, 11) is -3.10. The summed E-state index contributed by atoms with van der Waals surface area (Å²) in [5.41, 5.74) is 3.07. The third-order valence-corrected chi connectivity index (χ3v) is 16.5. The first kappa shape index (κ1) is 41.4. The maximum Gasteiger partial charge on any atom is 0.271 e. The van der Waals surface area contributed by atoms with Crippen molar-refractivity contribution in [3.63, 3.8) is 0 Å². The number of carbonyl (C=O) groups excluding carboxylic acids is 2. The number of non-ortho nitro benzene ring substituents is 1. The molecule has 1 fully saturated rings. The van der Waals surface area contributed by atoms with Gasteiger partial charge < -0.3 is 19.7 Å². The van der Waals surface area contributed by atoms with Crippen molar-refractivity contribution in [2.75, 3.05) is 18.1 Å². The molecule has 3 N–H and O–H groups in total. The molecule has 4 aromatic carbocycles. The Labute approximate surface area is 335 Å². The summed E-state index contributed by atoms with van der Waals surface area (Å²) < 4.78 is 7.37. The number of phenols is 1. The zero-order chi connectivity index (χ0) is 40.9. The molecule has 11 heteroatoms. The Hall–Kier alpha value is -5.20. The van der Waals surface area contributed by atoms with Crippen LogP contribution < -0.4 is 15.3 Å². The minimum absolute atomic E-state index is 0.0584. The first-order valence-electron chi connectivity index (χ1n) is 19.7. The van der Waals surface area contributed by atoms with Crippen molar-refractivity contribution in [1.29, 1.82) is 0 Å². The molecule has 1 heterocycles. The lowest BCUT2D eigenvalue weighted by atomic mass is 9.68. The summed E-state index contributed by atoms with van der Waals surface area (Å²) in [6.45, 7) is 8.16. The molecule has 2 amide bonds. The zero-order valence-electron chi connectivity index (χ0n) is 33.0. The van der Waals surface area contributed by atoms with Gasteiger partial charge in [0.2, 0.25) is 11.8 Å². The largest absolute Gasteiger partial charge is 0.508 e. The second kappa shape index (κ2) is 17.5. The predicted molar refractivity (Wildman–Crippen MR) is 225 cm³/mol. The lowest BCUT2D eigenvalue weighted by molar-refractivity contribution is -0.384. The number of allylic oxidation sites excluding steroid dienone is 1. The molecule has 0 aromatic heterocycles. The van der Waals surface area contributed by atoms with Gasteiger partial charge in [-0.2, -0.15) is 0 Å². The van der Waals surface area contributed by atoms with Gasteiger partial charge in [-0.25, -0.2) is 4.90 Å². The molecular formula is C46H52N2O8Si. The van der Waals surface area contributed by atoms with Crippen molar-refractivity contribution in [2.45, 2.75) is 70.9 Å². The number of amides is 2. The molecule has 0 spiro atoms. The topological polar surface area (TPSA) is 150 Å². The Morgan fingerprint density at radius 1 is 0.930 bits per heavy atom. The Kier molecular flexibility index (Phi) is 12.7. The van der Waals surface area contributed by atoms with Gasteiger partial charge in [0.05, 0.1) is 41.8 Å². The number of anilines is 1. The van der Waals surface area contributed by atoms with Crippen LogP contribution in [-0.4, -0.2) is 59.7 Å². The lowest BCUT2D eigenvalue weighted by Gasteiger charge is -2.44. The molecule has 298 valence electrons. The fourth-order valence-corrected chi connectivity index (χ4v) is 13.5. The van der Waals surface area contributed by atoms with Crippen molar-refractivity contribution in [3.8, 4) is 5.75 Å². The molecule has 0 bridgehead atoms. The van der Waals surface area contributed by atoms with E-state index in [2.05, 4.69) is 58.0 Å². The number of aliphatic hydroxyl groups excluding tert-OH is 2. The number of rotatable bonds is 15. The number of phenolic OH excluding ortho intramolecular Hbond substituents is 1. The summed E-state index contributed by atoms with van der Waals surface area (Å²) in [4.78, 5) is 40.8. The van der Waals surface area contributed by atoms with Gasteiger partial charge in [-0.3, -0.25) is 19.7 Å². The summed E-state index contributed by atoms with van der Waals surface area (Å²) in [5.74, 6) is -3.62. The number of aliphatic hydroxyl groups is 2. The summed E-state index contributed by atoms with van der Waals surface area (Å²) in [6.07, 6.45) is 3.60. The molecule has 2 aliphatic rings. The van der Waals surface area contributed by atoms with Crippen LogP contribution >= 0.6 is 0 Å². The molecule has 4 atom stereocenters. The number of nitro groups is 1. The first-order valence-corrected chi connectivity index (χ1v) is 21.6. The molecule has 6 rings (SSSR count). The summed E-state index contributed by atoms with van der Waals surface area (Å²) in [5, 5.41) is 46.7. The van der Waals surface area contributed by atoms with Gasteiger partial charge in [-0.15, -0.1) is 0 Å². The molecular weight excluding hydrogens is 737 g/mol. The van der Waals surface area contributed by atoms with Crippen molar-refractivity contribution in [1.82, 2.24) is 0 Å². The molecule has 1 saturated heterocycles. The standard InChI is InChI=1S/C46H52N2O8Si/c1-5-13-31(26-32-20-23-36(50)24-21-32)22-25-41(51)42-33(30-56-57(46(2,3)4,37-16-8-6-9-17-37)38-18-10-7-11-19-38)27-39-43(40(42)29-49)45(53)47(44(39)52)34-14-12-15-35(28-34)48(54)55/h6-12,14-21,23-24,26,28,39-41,43,49-51H,5,13,22,25,27,29-30H2,1-4H3/b31-26+/t39-,40+,41-,43-/m1/s1. The number of imide groups is 1. The lowest BCUT2D eigenvalue weighted by Crippen LogP contribution is -2.66. The van der Waals surface area contributed by atoms with E-state index in [0.29, 0.717) is 24.0 Å². The molecule has 57 heavy (non-hydrogen) atoms. The fraction of sp³-hybridized carbons (Fsp3) is 0.348. The van der Waals surface area contributed by atoms with Crippen LogP contribution in [-0.2, 0) is 14.0 Å². The molecule has 0 unspecified atom stereocenters. The quantitative estimate of drug-likeness (QED) is 0.0373. The number of hydrogen-bond acceptors (Lipinski definition) is 8. The van der Waals surface area contributed by atoms with E-state index in [1.165, 1.54) is 24.3 Å². The molecule has 0 saturated carbocycles. The monoisotopic (exact) mass is 788 g/mol. The van der Waals surface area contributed by atoms with Crippen LogP contribution in [0.5, 0.6) is 5.75 Å². The number of carbonyl (C=O) groups is 2. The van der Waals surface area contributed by atoms with Gasteiger partial charge in [0.15, 0.2) is 0 Å². The SMILES string of the molecule is CCC/C(=C\c1ccc(O)cc1)CC[C@@H](O)C1=C(CO[Si](c2ccccc2)(c2ccccc2)C(C)(C)C)C[C@H]2C(=O)N(c3cccc([N+](=O)[O-])c3)C(=O)[C@H]2[C@H]1CO. The van der Waals surface area contributed by atoms with Crippen LogP contribution in [0.2, 0.25) is 5.04 Å². The van der Waals surface area contributed by atoms with Gasteiger partial charge >= 0.3 is 0 Å². The Balaban J connectivity index is 1.43. The maximum atomic E-state index is 14.3. The van der Waals surface area contributed by atoms with Crippen molar-refractivity contribution in [3.05, 3.63) is 142 Å². The Bertz CT molecular complexity index is 2090. The number of hydrogen-bond donors (Lipinski definition) is 3. The van der Waals surface area contributed by atoms with Crippen molar-refractivity contribution >= 4 is 48.0 Å². The van der Waals surface area contributed by atoms with E-state index >= 15 is 0 Å². The van der Waals surface area contributed by atoms with Crippen LogP contribution in [0.25, 0.3) is 6.08 Å². The highest BCUT2D eigenvalue weighted by atomic mass is 28.4. The molecule has 10 nitrogen and oxygen atoms in total. The fourth-order valence-electron chi connectivity index (χ4n) is 8.92. The smallest absolute Gasteiger partial charge is 0.271 e. The average Bonchev–Trinajstić information content (AvgIpc) is 3.45. The van der Waals surface area contributed by atoms with Gasteiger partial charge in [0, 0.05) is 18.1 Å². The number of nitro benzene ring substituents is 1.